The Balaban J connectivity index is 1.48. The van der Waals surface area contributed by atoms with E-state index in [4.69, 9.17) is 0 Å². The molecule has 0 saturated heterocycles. The van der Waals surface area contributed by atoms with Gasteiger partial charge in [-0.2, -0.15) is 0 Å². The summed E-state index contributed by atoms with van der Waals surface area (Å²) < 4.78 is 2.46. The quantitative estimate of drug-likeness (QED) is 0.172. The van der Waals surface area contributed by atoms with Crippen LogP contribution in [0.2, 0.25) is 3.63 Å². The zero-order chi connectivity index (χ0) is 33.2. The van der Waals surface area contributed by atoms with Crippen molar-refractivity contribution in [3.8, 4) is 11.1 Å². The van der Waals surface area contributed by atoms with Crippen LogP contribution in [0.1, 0.15) is 78.5 Å². The number of benzene rings is 6. The Bertz CT molecular complexity index is 2160. The standard InChI is InChI=1S/C21H14.C21H25.C5H5.Zr/c1-3-7-20-14-16(9-11-18(20)5-1)13-17-10-12-19-6-2-4-8-21(19)15-17;1-20(2,3)16-9-7-14-11-15-8-10-17(21(4,5)6)13-19(15)18(14)12-16;1-2-4-5-3-1;/h1-12,14-15H;7-13H,1-6H3;1-5H;. The van der Waals surface area contributed by atoms with Crippen LogP contribution in [0, 0.1) is 0 Å². The molecule has 48 heavy (non-hydrogen) atoms. The van der Waals surface area contributed by atoms with Gasteiger partial charge in [-0.3, -0.25) is 0 Å². The van der Waals surface area contributed by atoms with Gasteiger partial charge in [0.2, 0.25) is 0 Å². The van der Waals surface area contributed by atoms with Crippen LogP contribution in [0.4, 0.5) is 0 Å². The Labute approximate surface area is 294 Å². The third kappa shape index (κ3) is 5.55. The van der Waals surface area contributed by atoms with Gasteiger partial charge in [0.05, 0.1) is 0 Å². The average Bonchev–Trinajstić information content (AvgIpc) is 3.72. The van der Waals surface area contributed by atoms with Gasteiger partial charge in [-0.1, -0.05) is 0 Å². The fraction of sp³-hybridized carbons (Fsp3) is 0.213. The number of hydrogen-bond acceptors (Lipinski definition) is 0. The van der Waals surface area contributed by atoms with Crippen LogP contribution in [0.25, 0.3) is 32.7 Å². The van der Waals surface area contributed by atoms with E-state index in [0.717, 1.165) is 0 Å². The molecular formula is C47H44Zr. The second kappa shape index (κ2) is 11.9. The summed E-state index contributed by atoms with van der Waals surface area (Å²) in [6.45, 7) is 14.0. The fourth-order valence-electron chi connectivity index (χ4n) is 7.85. The molecule has 0 heterocycles. The molecule has 8 rings (SSSR count). The summed E-state index contributed by atoms with van der Waals surface area (Å²) in [7, 11) is 0. The van der Waals surface area contributed by atoms with Crippen LogP contribution < -0.4 is 0 Å². The zero-order valence-corrected chi connectivity index (χ0v) is 31.5. The Morgan fingerprint density at radius 3 is 1.35 bits per heavy atom. The summed E-state index contributed by atoms with van der Waals surface area (Å²) in [5, 5.41) is 5.22. The Kier molecular flexibility index (Phi) is 7.77. The van der Waals surface area contributed by atoms with Gasteiger partial charge in [0.15, 0.2) is 0 Å². The van der Waals surface area contributed by atoms with Gasteiger partial charge >= 0.3 is 296 Å². The van der Waals surface area contributed by atoms with Crippen LogP contribution in [0.5, 0.6) is 0 Å². The van der Waals surface area contributed by atoms with Crippen molar-refractivity contribution in [1.29, 1.82) is 0 Å². The van der Waals surface area contributed by atoms with Crippen molar-refractivity contribution in [2.45, 2.75) is 59.6 Å². The van der Waals surface area contributed by atoms with Gasteiger partial charge in [-0.15, -0.1) is 0 Å². The molecule has 236 valence electrons. The van der Waals surface area contributed by atoms with E-state index in [-0.39, 0.29) is 10.8 Å². The molecule has 0 amide bonds. The van der Waals surface area contributed by atoms with Crippen molar-refractivity contribution < 1.29 is 21.3 Å². The van der Waals surface area contributed by atoms with Gasteiger partial charge in [0.1, 0.15) is 0 Å². The van der Waals surface area contributed by atoms with E-state index in [1.807, 2.05) is 0 Å². The maximum absolute atomic E-state index is 2.79. The summed E-state index contributed by atoms with van der Waals surface area (Å²) in [4.78, 5) is 0. The molecule has 1 heteroatoms. The molecule has 0 aromatic heterocycles. The predicted molar refractivity (Wildman–Crippen MR) is 204 cm³/mol. The molecule has 0 N–H and O–H groups in total. The Morgan fingerprint density at radius 2 is 0.917 bits per heavy atom. The van der Waals surface area contributed by atoms with E-state index in [2.05, 4.69) is 187 Å². The first-order valence-corrected chi connectivity index (χ1v) is 21.5. The molecule has 2 aliphatic carbocycles. The van der Waals surface area contributed by atoms with Crippen LogP contribution >= 0.6 is 0 Å². The monoisotopic (exact) mass is 698 g/mol. The van der Waals surface area contributed by atoms with E-state index in [1.165, 1.54) is 66.1 Å². The molecule has 0 saturated carbocycles. The normalized spacial score (nSPS) is 14.5. The molecule has 6 aromatic carbocycles. The summed E-state index contributed by atoms with van der Waals surface area (Å²) in [5.74, 6) is 0. The second-order valence-corrected chi connectivity index (χ2v) is 22.3. The Hall–Kier alpha value is -3.93. The Morgan fingerprint density at radius 1 is 0.479 bits per heavy atom. The SMILES string of the molecule is CC(C)(C)c1ccc2c(c1)-c1cc(C(C)(C)C)ccc1[CH]2[Zr](=[C](c1ccc2ccccc2c1)c1ccc2ccccc2c1)[CH]1C=CC=C1. The fourth-order valence-corrected chi connectivity index (χ4v) is 17.2. The van der Waals surface area contributed by atoms with Crippen LogP contribution in [-0.2, 0) is 32.1 Å². The van der Waals surface area contributed by atoms with Gasteiger partial charge in [-0.25, -0.2) is 0 Å². The van der Waals surface area contributed by atoms with E-state index < -0.39 is 21.3 Å². The van der Waals surface area contributed by atoms with E-state index >= 15 is 0 Å². The third-order valence-electron chi connectivity index (χ3n) is 10.5. The minimum atomic E-state index is -2.79. The molecule has 0 nitrogen and oxygen atoms in total. The zero-order valence-electron chi connectivity index (χ0n) is 29.0. The van der Waals surface area contributed by atoms with Gasteiger partial charge < -0.3 is 0 Å². The van der Waals surface area contributed by atoms with Crippen molar-refractivity contribution in [3.05, 3.63) is 179 Å². The first kappa shape index (κ1) is 31.3. The molecule has 0 radical (unpaired) electrons. The third-order valence-corrected chi connectivity index (χ3v) is 19.1. The molecular weight excluding hydrogens is 656 g/mol. The molecule has 0 unspecified atom stereocenters. The van der Waals surface area contributed by atoms with Crippen LogP contribution in [0.3, 0.4) is 0 Å². The summed E-state index contributed by atoms with van der Waals surface area (Å²) >= 11 is -2.79. The maximum atomic E-state index is 2.54. The number of rotatable bonds is 4. The molecule has 2 aliphatic rings. The van der Waals surface area contributed by atoms with Crippen molar-refractivity contribution in [2.75, 3.05) is 0 Å². The first-order chi connectivity index (χ1) is 23.1. The van der Waals surface area contributed by atoms with Crippen molar-refractivity contribution >= 4 is 24.8 Å². The number of fused-ring (bicyclic) bond motifs is 5. The van der Waals surface area contributed by atoms with Gasteiger partial charge in [0.25, 0.3) is 0 Å². The minimum absolute atomic E-state index is 0.0842. The molecule has 0 atom stereocenters. The van der Waals surface area contributed by atoms with Gasteiger partial charge in [-0.05, 0) is 0 Å². The second-order valence-electron chi connectivity index (χ2n) is 15.8. The van der Waals surface area contributed by atoms with E-state index in [9.17, 15) is 0 Å². The topological polar surface area (TPSA) is 0 Å². The molecule has 0 bridgehead atoms. The summed E-state index contributed by atoms with van der Waals surface area (Å²) in [5.41, 5.74) is 11.7. The predicted octanol–water partition coefficient (Wildman–Crippen LogP) is 12.5. The molecule has 0 spiro atoms. The van der Waals surface area contributed by atoms with Crippen molar-refractivity contribution in [1.82, 2.24) is 0 Å². The van der Waals surface area contributed by atoms with Crippen LogP contribution in [-0.4, -0.2) is 3.21 Å². The number of allylic oxidation sites excluding steroid dienone is 4. The van der Waals surface area contributed by atoms with Gasteiger partial charge in [0, 0.05) is 0 Å². The summed E-state index contributed by atoms with van der Waals surface area (Å²) in [6.07, 6.45) is 9.63. The van der Waals surface area contributed by atoms with Crippen LogP contribution in [0.15, 0.2) is 146 Å². The van der Waals surface area contributed by atoms with E-state index in [0.29, 0.717) is 7.25 Å². The molecule has 0 fully saturated rings. The average molecular weight is 700 g/mol. The number of hydrogen-bond donors (Lipinski definition) is 0. The van der Waals surface area contributed by atoms with Crippen molar-refractivity contribution in [3.63, 3.8) is 0 Å². The summed E-state index contributed by atoms with van der Waals surface area (Å²) in [6, 6.07) is 47.1. The molecule has 6 aromatic rings. The first-order valence-electron chi connectivity index (χ1n) is 17.4. The van der Waals surface area contributed by atoms with E-state index in [1.54, 1.807) is 3.21 Å². The molecule has 0 aliphatic heterocycles. The van der Waals surface area contributed by atoms with Crippen molar-refractivity contribution in [2.24, 2.45) is 0 Å².